The topological polar surface area (TPSA) is 64.0 Å². The van der Waals surface area contributed by atoms with Crippen molar-refractivity contribution in [1.29, 1.82) is 0 Å². The molecule has 22 heavy (non-hydrogen) atoms. The molecule has 3 heterocycles. The molecule has 0 amide bonds. The van der Waals surface area contributed by atoms with Crippen LogP contribution in [0.2, 0.25) is 0 Å². The normalized spacial score (nSPS) is 15.8. The van der Waals surface area contributed by atoms with E-state index in [0.29, 0.717) is 10.8 Å². The second-order valence-corrected chi connectivity index (χ2v) is 5.34. The van der Waals surface area contributed by atoms with Crippen LogP contribution in [-0.4, -0.2) is 29.3 Å². The Morgan fingerprint density at radius 3 is 3.23 bits per heavy atom. The average molecular weight is 315 g/mol. The van der Waals surface area contributed by atoms with E-state index in [1.54, 1.807) is 49.1 Å². The van der Waals surface area contributed by atoms with Gasteiger partial charge in [0.25, 0.3) is 0 Å². The lowest BCUT2D eigenvalue weighted by molar-refractivity contribution is -0.139. The number of ether oxygens (including phenoxy) is 2. The first-order valence-electron chi connectivity index (χ1n) is 6.49. The maximum absolute atomic E-state index is 12.1. The molecule has 0 atom stereocenters. The Kier molecular flexibility index (Phi) is 4.24. The van der Waals surface area contributed by atoms with Gasteiger partial charge in [0, 0.05) is 30.1 Å². The lowest BCUT2D eigenvalue weighted by Gasteiger charge is -2.22. The second kappa shape index (κ2) is 6.48. The molecule has 0 radical (unpaired) electrons. The fraction of sp³-hybridized carbons (Fsp3) is 0.133. The highest BCUT2D eigenvalue weighted by Gasteiger charge is 2.19. The number of nitrogens with zero attached hydrogens (tertiary/aromatic N) is 3. The van der Waals surface area contributed by atoms with Gasteiger partial charge >= 0.3 is 5.97 Å². The van der Waals surface area contributed by atoms with E-state index in [1.807, 2.05) is 11.5 Å². The van der Waals surface area contributed by atoms with Gasteiger partial charge in [0.2, 0.25) is 5.88 Å². The molecule has 0 N–H and O–H groups in total. The number of thioether (sulfide) groups is 1. The number of rotatable bonds is 4. The molecule has 1 aromatic heterocycles. The molecular formula is C15H13N3O3S. The van der Waals surface area contributed by atoms with Crippen LogP contribution in [0.1, 0.15) is 5.56 Å². The molecule has 7 heteroatoms. The summed E-state index contributed by atoms with van der Waals surface area (Å²) in [5, 5.41) is 1.88. The monoisotopic (exact) mass is 315 g/mol. The molecule has 0 bridgehead atoms. The van der Waals surface area contributed by atoms with Crippen molar-refractivity contribution in [2.45, 2.75) is 6.61 Å². The number of esters is 1. The van der Waals surface area contributed by atoms with E-state index in [2.05, 4.69) is 9.98 Å². The van der Waals surface area contributed by atoms with Gasteiger partial charge < -0.3 is 14.4 Å². The molecule has 112 valence electrons. The zero-order valence-corrected chi connectivity index (χ0v) is 12.6. The molecule has 6 nitrogen and oxygen atoms in total. The number of hydrogen-bond acceptors (Lipinski definition) is 7. The van der Waals surface area contributed by atoms with E-state index in [1.165, 1.54) is 11.8 Å². The summed E-state index contributed by atoms with van der Waals surface area (Å²) in [7, 11) is 1.54. The number of pyridine rings is 1. The molecule has 0 aliphatic carbocycles. The second-order valence-electron chi connectivity index (χ2n) is 4.42. The van der Waals surface area contributed by atoms with E-state index >= 15 is 0 Å². The molecule has 0 aromatic carbocycles. The number of hydrogen-bond donors (Lipinski definition) is 0. The number of methoxy groups -OCH3 is 1. The van der Waals surface area contributed by atoms with Crippen LogP contribution in [0.3, 0.4) is 0 Å². The van der Waals surface area contributed by atoms with Gasteiger partial charge in [0.1, 0.15) is 11.5 Å². The number of aromatic nitrogens is 1. The summed E-state index contributed by atoms with van der Waals surface area (Å²) < 4.78 is 10.4. The third-order valence-electron chi connectivity index (χ3n) is 2.96. The molecule has 0 saturated heterocycles. The molecule has 0 spiro atoms. The van der Waals surface area contributed by atoms with Crippen LogP contribution in [0.25, 0.3) is 0 Å². The van der Waals surface area contributed by atoms with Gasteiger partial charge in [0.15, 0.2) is 0 Å². The van der Waals surface area contributed by atoms with Crippen LogP contribution < -0.4 is 4.74 Å². The van der Waals surface area contributed by atoms with Gasteiger partial charge in [-0.15, -0.1) is 0 Å². The summed E-state index contributed by atoms with van der Waals surface area (Å²) in [6.07, 6.45) is 8.54. The van der Waals surface area contributed by atoms with Gasteiger partial charge in [-0.1, -0.05) is 11.8 Å². The molecule has 1 aromatic rings. The van der Waals surface area contributed by atoms with Crippen molar-refractivity contribution in [3.63, 3.8) is 0 Å². The minimum atomic E-state index is -0.376. The van der Waals surface area contributed by atoms with Crippen LogP contribution in [-0.2, 0) is 16.1 Å². The lowest BCUT2D eigenvalue weighted by atomic mass is 10.3. The summed E-state index contributed by atoms with van der Waals surface area (Å²) in [5.41, 5.74) is 1.79. The zero-order valence-electron chi connectivity index (χ0n) is 11.8. The Morgan fingerprint density at radius 2 is 2.36 bits per heavy atom. The first kappa shape index (κ1) is 14.4. The van der Waals surface area contributed by atoms with Crippen LogP contribution in [0.5, 0.6) is 5.88 Å². The molecule has 3 rings (SSSR count). The van der Waals surface area contributed by atoms with E-state index in [9.17, 15) is 4.79 Å². The van der Waals surface area contributed by atoms with E-state index in [0.717, 1.165) is 11.3 Å². The van der Waals surface area contributed by atoms with E-state index < -0.39 is 0 Å². The highest BCUT2D eigenvalue weighted by Crippen LogP contribution is 2.29. The molecule has 2 aliphatic heterocycles. The largest absolute Gasteiger partial charge is 0.481 e. The van der Waals surface area contributed by atoms with Crippen molar-refractivity contribution >= 4 is 24.1 Å². The van der Waals surface area contributed by atoms with Gasteiger partial charge in [-0.2, -0.15) is 0 Å². The van der Waals surface area contributed by atoms with E-state index in [-0.39, 0.29) is 12.6 Å². The number of allylic oxidation sites excluding steroid dienone is 1. The SMILES string of the molecule is COc1cc(COC(=O)C2=CN3C=NC=CC3=CS2)ccn1. The van der Waals surface area contributed by atoms with Crippen molar-refractivity contribution in [1.82, 2.24) is 9.88 Å². The lowest BCUT2D eigenvalue weighted by Crippen LogP contribution is -2.20. The van der Waals surface area contributed by atoms with E-state index in [4.69, 9.17) is 9.47 Å². The third kappa shape index (κ3) is 3.20. The van der Waals surface area contributed by atoms with Crippen LogP contribution in [0.4, 0.5) is 0 Å². The van der Waals surface area contributed by atoms with Crippen molar-refractivity contribution in [2.24, 2.45) is 4.99 Å². The highest BCUT2D eigenvalue weighted by atomic mass is 32.2. The summed E-state index contributed by atoms with van der Waals surface area (Å²) in [6.45, 7) is 0.167. The summed E-state index contributed by atoms with van der Waals surface area (Å²) in [5.74, 6) is 0.114. The Labute approximate surface area is 131 Å². The summed E-state index contributed by atoms with van der Waals surface area (Å²) >= 11 is 1.33. The maximum atomic E-state index is 12.1. The molecule has 0 unspecified atom stereocenters. The first-order valence-corrected chi connectivity index (χ1v) is 7.37. The summed E-state index contributed by atoms with van der Waals surface area (Å²) in [6, 6.07) is 3.51. The van der Waals surface area contributed by atoms with Gasteiger partial charge in [0.05, 0.1) is 19.1 Å². The Bertz CT molecular complexity index is 710. The van der Waals surface area contributed by atoms with Crippen molar-refractivity contribution in [2.75, 3.05) is 7.11 Å². The predicted molar refractivity (Wildman–Crippen MR) is 83.8 cm³/mol. The first-order chi connectivity index (χ1) is 10.8. The zero-order chi connectivity index (χ0) is 15.4. The van der Waals surface area contributed by atoms with Crippen molar-refractivity contribution in [3.05, 3.63) is 58.4 Å². The number of carbonyl (C=O) groups excluding carboxylic acids is 1. The minimum absolute atomic E-state index is 0.167. The van der Waals surface area contributed by atoms with Crippen LogP contribution in [0, 0.1) is 0 Å². The maximum Gasteiger partial charge on any atom is 0.346 e. The van der Waals surface area contributed by atoms with Crippen LogP contribution >= 0.6 is 11.8 Å². The predicted octanol–water partition coefficient (Wildman–Crippen LogP) is 2.42. The van der Waals surface area contributed by atoms with Gasteiger partial charge in [-0.25, -0.2) is 14.8 Å². The standard InChI is InChI=1S/C15H13N3O3S/c1-20-14-6-11(2-5-17-14)8-21-15(19)13-7-18-10-16-4-3-12(18)9-22-13/h2-7,9-10H,8H2,1H3. The minimum Gasteiger partial charge on any atom is -0.481 e. The third-order valence-corrected chi connectivity index (χ3v) is 3.85. The average Bonchev–Trinajstić information content (AvgIpc) is 2.59. The fourth-order valence-corrected chi connectivity index (χ4v) is 2.62. The Balaban J connectivity index is 1.62. The number of fused-ring (bicyclic) bond motifs is 1. The Morgan fingerprint density at radius 1 is 1.45 bits per heavy atom. The summed E-state index contributed by atoms with van der Waals surface area (Å²) in [4.78, 5) is 22.4. The number of aliphatic imine (C=N–C) groups is 1. The molecule has 0 fully saturated rings. The van der Waals surface area contributed by atoms with Crippen molar-refractivity contribution in [3.8, 4) is 5.88 Å². The highest BCUT2D eigenvalue weighted by molar-refractivity contribution is 8.06. The smallest absolute Gasteiger partial charge is 0.346 e. The van der Waals surface area contributed by atoms with Crippen LogP contribution in [0.15, 0.2) is 57.8 Å². The fourth-order valence-electron chi connectivity index (χ4n) is 1.84. The molecule has 0 saturated carbocycles. The van der Waals surface area contributed by atoms with Gasteiger partial charge in [-0.05, 0) is 17.7 Å². The van der Waals surface area contributed by atoms with Crippen molar-refractivity contribution < 1.29 is 14.3 Å². The van der Waals surface area contributed by atoms with Gasteiger partial charge in [-0.3, -0.25) is 0 Å². The Hall–Kier alpha value is -2.54. The molecular weight excluding hydrogens is 302 g/mol. The quantitative estimate of drug-likeness (QED) is 0.795. The number of carbonyl (C=O) groups is 1. The molecule has 2 aliphatic rings.